The highest BCUT2D eigenvalue weighted by Crippen LogP contribution is 2.10. The smallest absolute Gasteiger partial charge is 0.131 e. The van der Waals surface area contributed by atoms with Gasteiger partial charge in [-0.2, -0.15) is 0 Å². The number of unbranched alkanes of at least 4 members (excludes halogenated alkanes) is 1. The van der Waals surface area contributed by atoms with Crippen LogP contribution >= 0.6 is 0 Å². The third-order valence-electron chi connectivity index (χ3n) is 2.70. The van der Waals surface area contributed by atoms with Gasteiger partial charge in [-0.25, -0.2) is 9.97 Å². The molecule has 0 spiro atoms. The second-order valence-electron chi connectivity index (χ2n) is 4.28. The molecule has 5 heteroatoms. The zero-order valence-corrected chi connectivity index (χ0v) is 11.1. The molecular formula is C14H19N5. The lowest BCUT2D eigenvalue weighted by molar-refractivity contribution is 0.830. The summed E-state index contributed by atoms with van der Waals surface area (Å²) in [6.07, 6.45) is 7.49. The number of nitrogens with zero attached hydrogens (tertiary/aromatic N) is 3. The minimum absolute atomic E-state index is 0.708. The molecule has 2 N–H and O–H groups in total. The van der Waals surface area contributed by atoms with E-state index in [1.807, 2.05) is 24.4 Å². The maximum absolute atomic E-state index is 4.20. The zero-order valence-electron chi connectivity index (χ0n) is 11.1. The second kappa shape index (κ2) is 7.31. The Balaban J connectivity index is 1.88. The highest BCUT2D eigenvalue weighted by molar-refractivity contribution is 5.46. The minimum atomic E-state index is 0.708. The molecule has 0 amide bonds. The summed E-state index contributed by atoms with van der Waals surface area (Å²) in [5.41, 5.74) is 1.13. The van der Waals surface area contributed by atoms with E-state index < -0.39 is 0 Å². The SMILES string of the molecule is CCCCNc1cc(NCc2cccnc2)ncn1. The van der Waals surface area contributed by atoms with Crippen molar-refractivity contribution in [3.63, 3.8) is 0 Å². The highest BCUT2D eigenvalue weighted by atomic mass is 15.1. The molecule has 5 nitrogen and oxygen atoms in total. The molecule has 0 saturated carbocycles. The first-order valence-electron chi connectivity index (χ1n) is 6.57. The quantitative estimate of drug-likeness (QED) is 0.747. The molecule has 2 rings (SSSR count). The number of aromatic nitrogens is 3. The lowest BCUT2D eigenvalue weighted by Crippen LogP contribution is -2.06. The minimum Gasteiger partial charge on any atom is -0.370 e. The lowest BCUT2D eigenvalue weighted by Gasteiger charge is -2.08. The standard InChI is InChI=1S/C14H19N5/c1-2-3-7-16-13-8-14(19-11-18-13)17-10-12-5-4-6-15-9-12/h4-6,8-9,11H,2-3,7,10H2,1H3,(H2,16,17,18,19). The predicted molar refractivity (Wildman–Crippen MR) is 77.0 cm³/mol. The van der Waals surface area contributed by atoms with Gasteiger partial charge in [0.1, 0.15) is 18.0 Å². The molecule has 0 atom stereocenters. The van der Waals surface area contributed by atoms with Gasteiger partial charge in [0.05, 0.1) is 0 Å². The monoisotopic (exact) mass is 257 g/mol. The Kier molecular flexibility index (Phi) is 5.10. The number of hydrogen-bond acceptors (Lipinski definition) is 5. The molecule has 0 aliphatic heterocycles. The van der Waals surface area contributed by atoms with Gasteiger partial charge in [0, 0.05) is 31.5 Å². The molecule has 0 aliphatic rings. The van der Waals surface area contributed by atoms with Gasteiger partial charge in [0.15, 0.2) is 0 Å². The lowest BCUT2D eigenvalue weighted by atomic mass is 10.3. The van der Waals surface area contributed by atoms with Gasteiger partial charge in [-0.05, 0) is 18.1 Å². The van der Waals surface area contributed by atoms with Crippen LogP contribution in [-0.2, 0) is 6.54 Å². The zero-order chi connectivity index (χ0) is 13.3. The van der Waals surface area contributed by atoms with Crippen LogP contribution in [0.2, 0.25) is 0 Å². The van der Waals surface area contributed by atoms with Crippen LogP contribution in [0, 0.1) is 0 Å². The summed E-state index contributed by atoms with van der Waals surface area (Å²) in [7, 11) is 0. The molecule has 2 aromatic heterocycles. The highest BCUT2D eigenvalue weighted by Gasteiger charge is 1.98. The Labute approximate surface area is 113 Å². The van der Waals surface area contributed by atoms with Crippen molar-refractivity contribution < 1.29 is 0 Å². The van der Waals surface area contributed by atoms with Crippen molar-refractivity contribution in [2.45, 2.75) is 26.3 Å². The fraction of sp³-hybridized carbons (Fsp3) is 0.357. The fourth-order valence-corrected chi connectivity index (χ4v) is 1.64. The predicted octanol–water partition coefficient (Wildman–Crippen LogP) is 2.70. The molecule has 0 radical (unpaired) electrons. The van der Waals surface area contributed by atoms with Crippen LogP contribution in [-0.4, -0.2) is 21.5 Å². The van der Waals surface area contributed by atoms with E-state index in [1.165, 1.54) is 6.42 Å². The van der Waals surface area contributed by atoms with Crippen molar-refractivity contribution in [2.24, 2.45) is 0 Å². The van der Waals surface area contributed by atoms with Gasteiger partial charge < -0.3 is 10.6 Å². The number of nitrogens with one attached hydrogen (secondary N) is 2. The molecular weight excluding hydrogens is 238 g/mol. The molecule has 0 bridgehead atoms. The van der Waals surface area contributed by atoms with Crippen LogP contribution in [0.1, 0.15) is 25.3 Å². The summed E-state index contributed by atoms with van der Waals surface area (Å²) < 4.78 is 0. The second-order valence-corrected chi connectivity index (χ2v) is 4.28. The van der Waals surface area contributed by atoms with Crippen LogP contribution in [0.25, 0.3) is 0 Å². The van der Waals surface area contributed by atoms with E-state index in [2.05, 4.69) is 32.5 Å². The van der Waals surface area contributed by atoms with Crippen molar-refractivity contribution in [3.05, 3.63) is 42.5 Å². The summed E-state index contributed by atoms with van der Waals surface area (Å²) in [5, 5.41) is 6.54. The maximum Gasteiger partial charge on any atom is 0.131 e. The first-order valence-corrected chi connectivity index (χ1v) is 6.57. The Morgan fingerprint density at radius 1 is 1.16 bits per heavy atom. The van der Waals surface area contributed by atoms with E-state index in [-0.39, 0.29) is 0 Å². The van der Waals surface area contributed by atoms with E-state index in [4.69, 9.17) is 0 Å². The average molecular weight is 257 g/mol. The van der Waals surface area contributed by atoms with Crippen LogP contribution in [0.3, 0.4) is 0 Å². The Hall–Kier alpha value is -2.17. The summed E-state index contributed by atoms with van der Waals surface area (Å²) in [6.45, 7) is 3.82. The first-order chi connectivity index (χ1) is 9.38. The average Bonchev–Trinajstić information content (AvgIpc) is 2.47. The first kappa shape index (κ1) is 13.3. The molecule has 19 heavy (non-hydrogen) atoms. The molecule has 0 fully saturated rings. The van der Waals surface area contributed by atoms with E-state index in [9.17, 15) is 0 Å². The van der Waals surface area contributed by atoms with E-state index in [0.717, 1.165) is 30.2 Å². The Morgan fingerprint density at radius 2 is 2.00 bits per heavy atom. The number of rotatable bonds is 7. The van der Waals surface area contributed by atoms with E-state index in [0.29, 0.717) is 6.54 Å². The fourth-order valence-electron chi connectivity index (χ4n) is 1.64. The summed E-state index contributed by atoms with van der Waals surface area (Å²) >= 11 is 0. The number of pyridine rings is 1. The summed E-state index contributed by atoms with van der Waals surface area (Å²) in [4.78, 5) is 12.5. The van der Waals surface area contributed by atoms with Gasteiger partial charge in [-0.1, -0.05) is 19.4 Å². The number of hydrogen-bond donors (Lipinski definition) is 2. The molecule has 0 aliphatic carbocycles. The van der Waals surface area contributed by atoms with Crippen molar-refractivity contribution in [3.8, 4) is 0 Å². The Bertz CT molecular complexity index is 486. The topological polar surface area (TPSA) is 62.7 Å². The number of anilines is 2. The van der Waals surface area contributed by atoms with Crippen LogP contribution in [0.4, 0.5) is 11.6 Å². The summed E-state index contributed by atoms with van der Waals surface area (Å²) in [6, 6.07) is 5.88. The summed E-state index contributed by atoms with van der Waals surface area (Å²) in [5.74, 6) is 1.68. The van der Waals surface area contributed by atoms with Gasteiger partial charge in [0.25, 0.3) is 0 Å². The normalized spacial score (nSPS) is 10.2. The van der Waals surface area contributed by atoms with Crippen molar-refractivity contribution in [1.82, 2.24) is 15.0 Å². The van der Waals surface area contributed by atoms with Crippen molar-refractivity contribution in [1.29, 1.82) is 0 Å². The third-order valence-corrected chi connectivity index (χ3v) is 2.70. The molecule has 0 aromatic carbocycles. The van der Waals surface area contributed by atoms with Crippen LogP contribution < -0.4 is 10.6 Å². The molecule has 2 aromatic rings. The van der Waals surface area contributed by atoms with E-state index >= 15 is 0 Å². The third kappa shape index (κ3) is 4.54. The van der Waals surface area contributed by atoms with Gasteiger partial charge in [-0.15, -0.1) is 0 Å². The molecule has 0 saturated heterocycles. The van der Waals surface area contributed by atoms with Crippen LogP contribution in [0.5, 0.6) is 0 Å². The largest absolute Gasteiger partial charge is 0.370 e. The van der Waals surface area contributed by atoms with Crippen LogP contribution in [0.15, 0.2) is 36.9 Å². The van der Waals surface area contributed by atoms with Crippen molar-refractivity contribution in [2.75, 3.05) is 17.2 Å². The van der Waals surface area contributed by atoms with Gasteiger partial charge >= 0.3 is 0 Å². The van der Waals surface area contributed by atoms with Crippen molar-refractivity contribution >= 4 is 11.6 Å². The van der Waals surface area contributed by atoms with E-state index in [1.54, 1.807) is 12.5 Å². The maximum atomic E-state index is 4.20. The molecule has 0 unspecified atom stereocenters. The Morgan fingerprint density at radius 3 is 2.74 bits per heavy atom. The molecule has 100 valence electrons. The van der Waals surface area contributed by atoms with Gasteiger partial charge in [-0.3, -0.25) is 4.98 Å². The molecule has 2 heterocycles. The van der Waals surface area contributed by atoms with Gasteiger partial charge in [0.2, 0.25) is 0 Å².